The Balaban J connectivity index is 1.64. The van der Waals surface area contributed by atoms with Crippen LogP contribution in [0.4, 0.5) is 4.39 Å². The SMILES string of the molecule is O=C(NNC(=O)c1ccc(-c2ccc(F)cc2)s1)c1ccncc1. The number of rotatable bonds is 3. The molecule has 0 spiro atoms. The third kappa shape index (κ3) is 3.64. The minimum absolute atomic E-state index is 0.313. The highest BCUT2D eigenvalue weighted by atomic mass is 32.1. The zero-order valence-electron chi connectivity index (χ0n) is 12.3. The number of nitrogens with one attached hydrogen (secondary N) is 2. The van der Waals surface area contributed by atoms with Crippen molar-refractivity contribution in [2.45, 2.75) is 0 Å². The van der Waals surface area contributed by atoms with Crippen LogP contribution in [0.3, 0.4) is 0 Å². The number of aromatic nitrogens is 1. The number of thiophene rings is 1. The van der Waals surface area contributed by atoms with Gasteiger partial charge in [0.2, 0.25) is 0 Å². The van der Waals surface area contributed by atoms with E-state index in [4.69, 9.17) is 0 Å². The van der Waals surface area contributed by atoms with Crippen LogP contribution in [0.5, 0.6) is 0 Å². The molecular formula is C17H12FN3O2S. The van der Waals surface area contributed by atoms with Crippen LogP contribution in [-0.4, -0.2) is 16.8 Å². The second-order valence-electron chi connectivity index (χ2n) is 4.81. The van der Waals surface area contributed by atoms with Crippen LogP contribution in [0.25, 0.3) is 10.4 Å². The molecule has 5 nitrogen and oxygen atoms in total. The number of benzene rings is 1. The van der Waals surface area contributed by atoms with Gasteiger partial charge in [-0.25, -0.2) is 4.39 Å². The average Bonchev–Trinajstić information content (AvgIpc) is 3.11. The number of carbonyl (C=O) groups is 2. The number of hydrazine groups is 1. The van der Waals surface area contributed by atoms with E-state index in [0.717, 1.165) is 10.4 Å². The molecule has 0 aliphatic carbocycles. The van der Waals surface area contributed by atoms with E-state index in [-0.39, 0.29) is 5.82 Å². The van der Waals surface area contributed by atoms with Crippen LogP contribution in [0.2, 0.25) is 0 Å². The molecule has 0 saturated carbocycles. The summed E-state index contributed by atoms with van der Waals surface area (Å²) in [7, 11) is 0. The Morgan fingerprint density at radius 3 is 2.25 bits per heavy atom. The maximum atomic E-state index is 12.9. The maximum absolute atomic E-state index is 12.9. The van der Waals surface area contributed by atoms with Gasteiger partial charge in [0.25, 0.3) is 11.8 Å². The smallest absolute Gasteiger partial charge is 0.267 e. The zero-order valence-corrected chi connectivity index (χ0v) is 13.1. The Hall–Kier alpha value is -3.06. The van der Waals surface area contributed by atoms with Gasteiger partial charge in [-0.2, -0.15) is 0 Å². The lowest BCUT2D eigenvalue weighted by Gasteiger charge is -2.05. The standard InChI is InChI=1S/C17H12FN3O2S/c18-13-3-1-11(2-4-13)14-5-6-15(24-14)17(23)21-20-16(22)12-7-9-19-10-8-12/h1-10H,(H,20,22)(H,21,23). The first kappa shape index (κ1) is 15.8. The largest absolute Gasteiger partial charge is 0.279 e. The van der Waals surface area contributed by atoms with E-state index >= 15 is 0 Å². The molecule has 0 unspecified atom stereocenters. The molecular weight excluding hydrogens is 329 g/mol. The first-order chi connectivity index (χ1) is 11.6. The van der Waals surface area contributed by atoms with Crippen molar-refractivity contribution in [1.82, 2.24) is 15.8 Å². The quantitative estimate of drug-likeness (QED) is 0.720. The summed E-state index contributed by atoms with van der Waals surface area (Å²) in [6.07, 6.45) is 2.98. The van der Waals surface area contributed by atoms with Crippen molar-refractivity contribution in [2.75, 3.05) is 0 Å². The second kappa shape index (κ2) is 7.01. The molecule has 0 saturated heterocycles. The lowest BCUT2D eigenvalue weighted by molar-refractivity contribution is 0.0849. The van der Waals surface area contributed by atoms with E-state index in [9.17, 15) is 14.0 Å². The number of hydrogen-bond acceptors (Lipinski definition) is 4. The number of amides is 2. The lowest BCUT2D eigenvalue weighted by atomic mass is 10.2. The van der Waals surface area contributed by atoms with E-state index < -0.39 is 11.8 Å². The van der Waals surface area contributed by atoms with Crippen molar-refractivity contribution in [3.63, 3.8) is 0 Å². The minimum atomic E-state index is -0.430. The minimum Gasteiger partial charge on any atom is -0.267 e. The van der Waals surface area contributed by atoms with Gasteiger partial charge in [0.05, 0.1) is 4.88 Å². The predicted octanol–water partition coefficient (Wildman–Crippen LogP) is 3.02. The second-order valence-corrected chi connectivity index (χ2v) is 5.90. The molecule has 2 N–H and O–H groups in total. The highest BCUT2D eigenvalue weighted by molar-refractivity contribution is 7.17. The molecule has 0 radical (unpaired) electrons. The molecule has 2 heterocycles. The molecule has 7 heteroatoms. The number of halogens is 1. The molecule has 0 fully saturated rings. The Morgan fingerprint density at radius 1 is 0.875 bits per heavy atom. The number of hydrogen-bond donors (Lipinski definition) is 2. The van der Waals surface area contributed by atoms with Gasteiger partial charge in [0.1, 0.15) is 5.82 Å². The molecule has 0 bridgehead atoms. The molecule has 24 heavy (non-hydrogen) atoms. The van der Waals surface area contributed by atoms with Crippen molar-refractivity contribution in [2.24, 2.45) is 0 Å². The van der Waals surface area contributed by atoms with Gasteiger partial charge in [0.15, 0.2) is 0 Å². The highest BCUT2D eigenvalue weighted by Gasteiger charge is 2.12. The van der Waals surface area contributed by atoms with Crippen LogP contribution >= 0.6 is 11.3 Å². The molecule has 3 aromatic rings. The normalized spacial score (nSPS) is 10.2. The fourth-order valence-corrected chi connectivity index (χ4v) is 2.89. The molecule has 120 valence electrons. The summed E-state index contributed by atoms with van der Waals surface area (Å²) < 4.78 is 12.9. The Labute approximate surface area is 141 Å². The Morgan fingerprint density at radius 2 is 1.54 bits per heavy atom. The van der Waals surface area contributed by atoms with Gasteiger partial charge < -0.3 is 0 Å². The van der Waals surface area contributed by atoms with Gasteiger partial charge in [-0.15, -0.1) is 11.3 Å². The van der Waals surface area contributed by atoms with Crippen LogP contribution in [0.1, 0.15) is 20.0 Å². The number of carbonyl (C=O) groups excluding carboxylic acids is 2. The van der Waals surface area contributed by atoms with Crippen molar-refractivity contribution in [3.8, 4) is 10.4 Å². The summed E-state index contributed by atoms with van der Waals surface area (Å²) in [6.45, 7) is 0. The Kier molecular flexibility index (Phi) is 4.62. The summed E-state index contributed by atoms with van der Waals surface area (Å²) in [5.41, 5.74) is 5.92. The van der Waals surface area contributed by atoms with Crippen LogP contribution in [0, 0.1) is 5.82 Å². The topological polar surface area (TPSA) is 71.1 Å². The van der Waals surface area contributed by atoms with Gasteiger partial charge in [-0.1, -0.05) is 12.1 Å². The van der Waals surface area contributed by atoms with Crippen LogP contribution in [0.15, 0.2) is 60.9 Å². The molecule has 3 rings (SSSR count). The monoisotopic (exact) mass is 341 g/mol. The summed E-state index contributed by atoms with van der Waals surface area (Å²) in [4.78, 5) is 29.0. The summed E-state index contributed by atoms with van der Waals surface area (Å²) in [5, 5.41) is 0. The summed E-state index contributed by atoms with van der Waals surface area (Å²) in [5.74, 6) is -1.16. The fraction of sp³-hybridized carbons (Fsp3) is 0. The van der Waals surface area contributed by atoms with Gasteiger partial charge >= 0.3 is 0 Å². The average molecular weight is 341 g/mol. The van der Waals surface area contributed by atoms with E-state index in [2.05, 4.69) is 15.8 Å². The van der Waals surface area contributed by atoms with Crippen molar-refractivity contribution >= 4 is 23.2 Å². The molecule has 2 amide bonds. The van der Waals surface area contributed by atoms with E-state index in [1.165, 1.54) is 35.9 Å². The molecule has 0 aliphatic rings. The Bertz CT molecular complexity index is 863. The van der Waals surface area contributed by atoms with Crippen molar-refractivity contribution in [3.05, 3.63) is 77.2 Å². The third-order valence-corrected chi connectivity index (χ3v) is 4.32. The maximum Gasteiger partial charge on any atom is 0.279 e. The van der Waals surface area contributed by atoms with E-state index in [1.807, 2.05) is 0 Å². The van der Waals surface area contributed by atoms with Gasteiger partial charge in [-0.3, -0.25) is 25.4 Å². The summed E-state index contributed by atoms with van der Waals surface area (Å²) >= 11 is 1.25. The third-order valence-electron chi connectivity index (χ3n) is 3.19. The van der Waals surface area contributed by atoms with Crippen LogP contribution < -0.4 is 10.9 Å². The van der Waals surface area contributed by atoms with E-state index in [0.29, 0.717) is 10.4 Å². The number of nitrogens with zero attached hydrogens (tertiary/aromatic N) is 1. The molecule has 0 atom stereocenters. The predicted molar refractivity (Wildman–Crippen MR) is 88.9 cm³/mol. The van der Waals surface area contributed by atoms with Gasteiger partial charge in [0, 0.05) is 22.8 Å². The number of pyridine rings is 1. The molecule has 0 aliphatic heterocycles. The highest BCUT2D eigenvalue weighted by Crippen LogP contribution is 2.28. The van der Waals surface area contributed by atoms with Crippen molar-refractivity contribution in [1.29, 1.82) is 0 Å². The van der Waals surface area contributed by atoms with E-state index in [1.54, 1.807) is 36.4 Å². The van der Waals surface area contributed by atoms with Crippen molar-refractivity contribution < 1.29 is 14.0 Å². The zero-order chi connectivity index (χ0) is 16.9. The summed E-state index contributed by atoms with van der Waals surface area (Å²) in [6, 6.07) is 12.5. The van der Waals surface area contributed by atoms with Crippen LogP contribution in [-0.2, 0) is 0 Å². The first-order valence-corrected chi connectivity index (χ1v) is 7.81. The molecule has 1 aromatic carbocycles. The fourth-order valence-electron chi connectivity index (χ4n) is 1.98. The van der Waals surface area contributed by atoms with Gasteiger partial charge in [-0.05, 0) is 42.0 Å². The molecule has 2 aromatic heterocycles. The first-order valence-electron chi connectivity index (χ1n) is 7.00. The lowest BCUT2D eigenvalue weighted by Crippen LogP contribution is -2.41.